The molecule has 0 fully saturated rings. The second-order valence-electron chi connectivity index (χ2n) is 6.01. The van der Waals surface area contributed by atoms with Crippen LogP contribution in [0.2, 0.25) is 0 Å². The van der Waals surface area contributed by atoms with Crippen molar-refractivity contribution >= 4 is 22.4 Å². The Morgan fingerprint density at radius 1 is 1.38 bits per heavy atom. The van der Waals surface area contributed by atoms with Crippen LogP contribution < -0.4 is 5.32 Å². The predicted octanol–water partition coefficient (Wildman–Crippen LogP) is 3.66. The number of hydrogen-bond acceptors (Lipinski definition) is 3. The molecule has 1 N–H and O–H groups in total. The number of aromatic nitrogens is 2. The molecule has 21 heavy (non-hydrogen) atoms. The van der Waals surface area contributed by atoms with Gasteiger partial charge in [-0.15, -0.1) is 11.3 Å². The summed E-state index contributed by atoms with van der Waals surface area (Å²) in [4.78, 5) is 18.5. The number of nitrogens with one attached hydrogen (secondary N) is 1. The first-order valence-corrected chi connectivity index (χ1v) is 8.37. The molecule has 0 radical (unpaired) electrons. The Morgan fingerprint density at radius 3 is 2.81 bits per heavy atom. The van der Waals surface area contributed by atoms with Crippen LogP contribution in [0.3, 0.4) is 0 Å². The summed E-state index contributed by atoms with van der Waals surface area (Å²) in [5.41, 5.74) is 1.18. The molecule has 2 aromatic heterocycles. The number of carbonyl (C=O) groups excluding carboxylic acids is 1. The van der Waals surface area contributed by atoms with Gasteiger partial charge in [-0.2, -0.15) is 0 Å². The van der Waals surface area contributed by atoms with Gasteiger partial charge < -0.3 is 9.88 Å². The van der Waals surface area contributed by atoms with Gasteiger partial charge in [0.2, 0.25) is 5.91 Å². The fraction of sp³-hybridized carbons (Fsp3) is 0.500. The molecule has 0 aliphatic heterocycles. The van der Waals surface area contributed by atoms with Crippen LogP contribution in [0.25, 0.3) is 0 Å². The minimum absolute atomic E-state index is 0.0346. The number of aryl methyl sites for hydroxylation is 2. The average Bonchev–Trinajstić information content (AvgIpc) is 3.11. The molecule has 2 heterocycles. The zero-order chi connectivity index (χ0) is 14.8. The van der Waals surface area contributed by atoms with Gasteiger partial charge >= 0.3 is 0 Å². The lowest BCUT2D eigenvalue weighted by molar-refractivity contribution is -0.119. The maximum Gasteiger partial charge on any atom is 0.249 e. The van der Waals surface area contributed by atoms with Crippen molar-refractivity contribution in [3.8, 4) is 0 Å². The van der Waals surface area contributed by atoms with Crippen LogP contribution in [-0.4, -0.2) is 15.5 Å². The molecule has 0 aromatic carbocycles. The van der Waals surface area contributed by atoms with Gasteiger partial charge in [-0.3, -0.25) is 4.79 Å². The molecule has 0 saturated carbocycles. The number of amides is 1. The fourth-order valence-corrected chi connectivity index (χ4v) is 3.85. The first kappa shape index (κ1) is 14.3. The third-order valence-corrected chi connectivity index (χ3v) is 4.88. The molecule has 1 atom stereocenters. The SMILES string of the molecule is CC(C)CC(C(=O)Nc1nc2c(s1)CCC2)n1cccc1. The second-order valence-corrected chi connectivity index (χ2v) is 7.09. The topological polar surface area (TPSA) is 46.9 Å². The van der Waals surface area contributed by atoms with E-state index < -0.39 is 0 Å². The molecule has 0 spiro atoms. The van der Waals surface area contributed by atoms with Crippen molar-refractivity contribution in [1.82, 2.24) is 9.55 Å². The molecule has 112 valence electrons. The molecular formula is C16H21N3OS. The largest absolute Gasteiger partial charge is 0.342 e. The van der Waals surface area contributed by atoms with Crippen molar-refractivity contribution in [2.45, 2.75) is 45.6 Å². The van der Waals surface area contributed by atoms with Crippen molar-refractivity contribution < 1.29 is 4.79 Å². The highest BCUT2D eigenvalue weighted by Crippen LogP contribution is 2.31. The van der Waals surface area contributed by atoms with E-state index in [2.05, 4.69) is 24.1 Å². The summed E-state index contributed by atoms with van der Waals surface area (Å²) < 4.78 is 1.98. The van der Waals surface area contributed by atoms with E-state index in [1.165, 1.54) is 17.0 Å². The average molecular weight is 303 g/mol. The zero-order valence-corrected chi connectivity index (χ0v) is 13.3. The zero-order valence-electron chi connectivity index (χ0n) is 12.5. The molecule has 0 saturated heterocycles. The number of fused-ring (bicyclic) bond motifs is 1. The molecule has 2 aromatic rings. The minimum atomic E-state index is -0.168. The molecule has 1 unspecified atom stereocenters. The standard InChI is InChI=1S/C16H21N3OS/c1-11(2)10-13(19-8-3-4-9-19)15(20)18-16-17-12-6-5-7-14(12)21-16/h3-4,8-9,11,13H,5-7,10H2,1-2H3,(H,17,18,20). The summed E-state index contributed by atoms with van der Waals surface area (Å²) in [5, 5.41) is 3.77. The van der Waals surface area contributed by atoms with Crippen molar-refractivity contribution in [1.29, 1.82) is 0 Å². The van der Waals surface area contributed by atoms with Gasteiger partial charge in [0.05, 0.1) is 5.69 Å². The van der Waals surface area contributed by atoms with Crippen LogP contribution >= 0.6 is 11.3 Å². The van der Waals surface area contributed by atoms with E-state index in [4.69, 9.17) is 0 Å². The van der Waals surface area contributed by atoms with E-state index in [0.717, 1.165) is 24.4 Å². The molecule has 1 amide bonds. The van der Waals surface area contributed by atoms with Gasteiger partial charge in [-0.25, -0.2) is 4.98 Å². The number of nitrogens with zero attached hydrogens (tertiary/aromatic N) is 2. The number of hydrogen-bond donors (Lipinski definition) is 1. The predicted molar refractivity (Wildman–Crippen MR) is 85.7 cm³/mol. The van der Waals surface area contributed by atoms with E-state index in [1.54, 1.807) is 11.3 Å². The lowest BCUT2D eigenvalue weighted by Crippen LogP contribution is -2.26. The van der Waals surface area contributed by atoms with E-state index in [0.29, 0.717) is 5.92 Å². The Balaban J connectivity index is 1.74. The van der Waals surface area contributed by atoms with Crippen molar-refractivity contribution in [2.75, 3.05) is 5.32 Å². The molecule has 5 heteroatoms. The fourth-order valence-electron chi connectivity index (χ4n) is 2.80. The number of rotatable bonds is 5. The summed E-state index contributed by atoms with van der Waals surface area (Å²) >= 11 is 1.63. The van der Waals surface area contributed by atoms with Gasteiger partial charge in [0.15, 0.2) is 5.13 Å². The maximum atomic E-state index is 12.6. The van der Waals surface area contributed by atoms with Gasteiger partial charge in [-0.05, 0) is 43.7 Å². The van der Waals surface area contributed by atoms with E-state index in [-0.39, 0.29) is 11.9 Å². The van der Waals surface area contributed by atoms with Gasteiger partial charge in [0, 0.05) is 17.3 Å². The van der Waals surface area contributed by atoms with Crippen molar-refractivity contribution in [2.24, 2.45) is 5.92 Å². The van der Waals surface area contributed by atoms with Crippen LogP contribution in [0.4, 0.5) is 5.13 Å². The Labute approximate surface area is 129 Å². The highest BCUT2D eigenvalue weighted by Gasteiger charge is 2.23. The van der Waals surface area contributed by atoms with Crippen LogP contribution in [0.5, 0.6) is 0 Å². The summed E-state index contributed by atoms with van der Waals surface area (Å²) in [6.07, 6.45) is 8.08. The second kappa shape index (κ2) is 6.02. The molecule has 3 rings (SSSR count). The Kier molecular flexibility index (Phi) is 4.10. The van der Waals surface area contributed by atoms with Gasteiger partial charge in [0.1, 0.15) is 6.04 Å². The highest BCUT2D eigenvalue weighted by molar-refractivity contribution is 7.15. The number of anilines is 1. The highest BCUT2D eigenvalue weighted by atomic mass is 32.1. The summed E-state index contributed by atoms with van der Waals surface area (Å²) in [6.45, 7) is 4.28. The molecular weight excluding hydrogens is 282 g/mol. The van der Waals surface area contributed by atoms with Crippen molar-refractivity contribution in [3.05, 3.63) is 35.1 Å². The first-order valence-electron chi connectivity index (χ1n) is 7.55. The van der Waals surface area contributed by atoms with Crippen molar-refractivity contribution in [3.63, 3.8) is 0 Å². The summed E-state index contributed by atoms with van der Waals surface area (Å²) in [6, 6.07) is 3.75. The number of carbonyl (C=O) groups is 1. The Hall–Kier alpha value is -1.62. The van der Waals surface area contributed by atoms with E-state index in [9.17, 15) is 4.79 Å². The van der Waals surface area contributed by atoms with E-state index >= 15 is 0 Å². The third-order valence-electron chi connectivity index (χ3n) is 3.81. The van der Waals surface area contributed by atoms with Crippen LogP contribution in [0, 0.1) is 5.92 Å². The molecule has 1 aliphatic carbocycles. The third kappa shape index (κ3) is 3.18. The first-order chi connectivity index (χ1) is 10.1. The Morgan fingerprint density at radius 2 is 2.14 bits per heavy atom. The number of thiazole rings is 1. The van der Waals surface area contributed by atoms with Gasteiger partial charge in [-0.1, -0.05) is 13.8 Å². The lowest BCUT2D eigenvalue weighted by Gasteiger charge is -2.19. The normalized spacial score (nSPS) is 15.2. The minimum Gasteiger partial charge on any atom is -0.342 e. The van der Waals surface area contributed by atoms with Crippen LogP contribution in [-0.2, 0) is 17.6 Å². The molecule has 0 bridgehead atoms. The molecule has 1 aliphatic rings. The summed E-state index contributed by atoms with van der Waals surface area (Å²) in [5.74, 6) is 0.497. The van der Waals surface area contributed by atoms with Crippen LogP contribution in [0.1, 0.15) is 43.3 Å². The Bertz CT molecular complexity index is 594. The molecule has 4 nitrogen and oxygen atoms in total. The lowest BCUT2D eigenvalue weighted by atomic mass is 10.0. The quantitative estimate of drug-likeness (QED) is 0.916. The van der Waals surface area contributed by atoms with Gasteiger partial charge in [0.25, 0.3) is 0 Å². The van der Waals surface area contributed by atoms with E-state index in [1.807, 2.05) is 29.1 Å². The monoisotopic (exact) mass is 303 g/mol. The maximum absolute atomic E-state index is 12.6. The van der Waals surface area contributed by atoms with Crippen LogP contribution in [0.15, 0.2) is 24.5 Å². The summed E-state index contributed by atoms with van der Waals surface area (Å²) in [7, 11) is 0. The smallest absolute Gasteiger partial charge is 0.249 e.